The van der Waals surface area contributed by atoms with Crippen LogP contribution in [-0.4, -0.2) is 16.5 Å². The molecule has 1 heterocycles. The zero-order valence-corrected chi connectivity index (χ0v) is 12.8. The lowest BCUT2D eigenvalue weighted by Crippen LogP contribution is -2.04. The number of benzene rings is 1. The number of carbonyl (C=O) groups excluding carboxylic acids is 1. The zero-order chi connectivity index (χ0) is 15.2. The maximum Gasteiger partial charge on any atom is 0.178 e. The van der Waals surface area contributed by atoms with Gasteiger partial charge in [0.25, 0.3) is 0 Å². The van der Waals surface area contributed by atoms with Gasteiger partial charge >= 0.3 is 0 Å². The standard InChI is InChI=1S/C18H20N2O/c1-4-6-15-9-11-16(12-10-15)19-13(2)17-7-5-8-18(20-17)14(3)21/h5,7-12H,4,6H2,1-3H3/b19-13-. The van der Waals surface area contributed by atoms with E-state index in [1.165, 1.54) is 12.5 Å². The molecule has 0 spiro atoms. The Labute approximate surface area is 125 Å². The van der Waals surface area contributed by atoms with Gasteiger partial charge in [-0.3, -0.25) is 9.79 Å². The van der Waals surface area contributed by atoms with Crippen molar-refractivity contribution in [2.24, 2.45) is 4.99 Å². The number of aliphatic imine (C=N–C) groups is 1. The van der Waals surface area contributed by atoms with Crippen LogP contribution in [0.15, 0.2) is 47.5 Å². The van der Waals surface area contributed by atoms with Crippen LogP contribution in [-0.2, 0) is 6.42 Å². The molecule has 0 aliphatic heterocycles. The van der Waals surface area contributed by atoms with Crippen LogP contribution in [0.5, 0.6) is 0 Å². The average molecular weight is 280 g/mol. The van der Waals surface area contributed by atoms with Crippen molar-refractivity contribution in [2.45, 2.75) is 33.6 Å². The number of aryl methyl sites for hydroxylation is 1. The van der Waals surface area contributed by atoms with Gasteiger partial charge in [-0.2, -0.15) is 0 Å². The Morgan fingerprint density at radius 2 is 1.71 bits per heavy atom. The van der Waals surface area contributed by atoms with Gasteiger partial charge in [-0.15, -0.1) is 0 Å². The molecule has 0 saturated carbocycles. The summed E-state index contributed by atoms with van der Waals surface area (Å²) >= 11 is 0. The number of carbonyl (C=O) groups is 1. The monoisotopic (exact) mass is 280 g/mol. The lowest BCUT2D eigenvalue weighted by molar-refractivity contribution is 0.101. The van der Waals surface area contributed by atoms with Gasteiger partial charge in [0.05, 0.1) is 17.1 Å². The van der Waals surface area contributed by atoms with Crippen LogP contribution in [0.2, 0.25) is 0 Å². The van der Waals surface area contributed by atoms with Gasteiger partial charge in [0.15, 0.2) is 5.78 Å². The molecule has 21 heavy (non-hydrogen) atoms. The Kier molecular flexibility index (Phi) is 4.99. The van der Waals surface area contributed by atoms with Crippen molar-refractivity contribution < 1.29 is 4.79 Å². The van der Waals surface area contributed by atoms with Crippen molar-refractivity contribution in [1.29, 1.82) is 0 Å². The molecule has 3 heteroatoms. The summed E-state index contributed by atoms with van der Waals surface area (Å²) in [5, 5.41) is 0. The molecule has 0 radical (unpaired) electrons. The number of hydrogen-bond acceptors (Lipinski definition) is 3. The van der Waals surface area contributed by atoms with Crippen molar-refractivity contribution in [1.82, 2.24) is 4.98 Å². The Morgan fingerprint density at radius 1 is 1.05 bits per heavy atom. The van der Waals surface area contributed by atoms with E-state index < -0.39 is 0 Å². The van der Waals surface area contributed by atoms with Crippen LogP contribution in [0.1, 0.15) is 48.9 Å². The van der Waals surface area contributed by atoms with Crippen molar-refractivity contribution in [3.05, 3.63) is 59.4 Å². The molecule has 2 rings (SSSR count). The average Bonchev–Trinajstić information content (AvgIpc) is 2.49. The number of ketones is 1. The van der Waals surface area contributed by atoms with Crippen molar-refractivity contribution >= 4 is 17.2 Å². The number of Topliss-reactive ketones (excluding diaryl/α,β-unsaturated/α-hetero) is 1. The van der Waals surface area contributed by atoms with Gasteiger partial charge in [0.2, 0.25) is 0 Å². The minimum atomic E-state index is -0.0337. The fraction of sp³-hybridized carbons (Fsp3) is 0.278. The second-order valence-electron chi connectivity index (χ2n) is 5.08. The number of pyridine rings is 1. The van der Waals surface area contributed by atoms with Gasteiger partial charge in [-0.1, -0.05) is 31.5 Å². The van der Waals surface area contributed by atoms with Crippen LogP contribution >= 0.6 is 0 Å². The number of nitrogens with zero attached hydrogens (tertiary/aromatic N) is 2. The second-order valence-corrected chi connectivity index (χ2v) is 5.08. The summed E-state index contributed by atoms with van der Waals surface area (Å²) in [7, 11) is 0. The molecule has 0 unspecified atom stereocenters. The Hall–Kier alpha value is -2.29. The topological polar surface area (TPSA) is 42.3 Å². The molecule has 0 bridgehead atoms. The van der Waals surface area contributed by atoms with Crippen LogP contribution in [0.25, 0.3) is 0 Å². The molecule has 0 aliphatic rings. The van der Waals surface area contributed by atoms with E-state index in [0.29, 0.717) is 5.69 Å². The zero-order valence-electron chi connectivity index (χ0n) is 12.8. The molecule has 2 aromatic rings. The normalized spacial score (nSPS) is 11.5. The molecule has 3 nitrogen and oxygen atoms in total. The first-order valence-corrected chi connectivity index (χ1v) is 7.22. The van der Waals surface area contributed by atoms with Crippen LogP contribution in [0.3, 0.4) is 0 Å². The van der Waals surface area contributed by atoms with Crippen molar-refractivity contribution in [3.63, 3.8) is 0 Å². The SMILES string of the molecule is CCCc1ccc(/N=C(/C)c2cccc(C(C)=O)n2)cc1. The molecule has 0 aliphatic carbocycles. The van der Waals surface area contributed by atoms with E-state index >= 15 is 0 Å². The van der Waals surface area contributed by atoms with Gasteiger partial charge in [-0.05, 0) is 43.2 Å². The molecule has 0 amide bonds. The minimum absolute atomic E-state index is 0.0337. The Bertz CT molecular complexity index is 657. The number of aromatic nitrogens is 1. The van der Waals surface area contributed by atoms with Crippen LogP contribution in [0.4, 0.5) is 5.69 Å². The summed E-state index contributed by atoms with van der Waals surface area (Å²) in [4.78, 5) is 20.3. The van der Waals surface area contributed by atoms with Gasteiger partial charge < -0.3 is 0 Å². The first-order chi connectivity index (χ1) is 10.1. The molecular weight excluding hydrogens is 260 g/mol. The van der Waals surface area contributed by atoms with E-state index in [1.54, 1.807) is 6.07 Å². The smallest absolute Gasteiger partial charge is 0.178 e. The predicted octanol–water partition coefficient (Wildman–Crippen LogP) is 4.38. The van der Waals surface area contributed by atoms with E-state index in [-0.39, 0.29) is 5.78 Å². The summed E-state index contributed by atoms with van der Waals surface area (Å²) in [6.45, 7) is 5.60. The Morgan fingerprint density at radius 3 is 2.33 bits per heavy atom. The molecule has 0 fully saturated rings. The molecule has 0 N–H and O–H groups in total. The summed E-state index contributed by atoms with van der Waals surface area (Å²) in [5.74, 6) is -0.0337. The van der Waals surface area contributed by atoms with E-state index in [9.17, 15) is 4.79 Å². The maximum atomic E-state index is 11.4. The lowest BCUT2D eigenvalue weighted by atomic mass is 10.1. The summed E-state index contributed by atoms with van der Waals surface area (Å²) < 4.78 is 0. The van der Waals surface area contributed by atoms with Gasteiger partial charge in [0, 0.05) is 6.92 Å². The van der Waals surface area contributed by atoms with E-state index in [1.807, 2.05) is 31.2 Å². The second kappa shape index (κ2) is 6.93. The molecule has 108 valence electrons. The highest BCUT2D eigenvalue weighted by atomic mass is 16.1. The summed E-state index contributed by atoms with van der Waals surface area (Å²) in [6.07, 6.45) is 2.23. The fourth-order valence-electron chi connectivity index (χ4n) is 2.11. The highest BCUT2D eigenvalue weighted by Gasteiger charge is 2.04. The first-order valence-electron chi connectivity index (χ1n) is 7.22. The van der Waals surface area contributed by atoms with Crippen LogP contribution < -0.4 is 0 Å². The van der Waals surface area contributed by atoms with Crippen molar-refractivity contribution in [2.75, 3.05) is 0 Å². The molecule has 0 saturated heterocycles. The van der Waals surface area contributed by atoms with Gasteiger partial charge in [0.1, 0.15) is 5.69 Å². The summed E-state index contributed by atoms with van der Waals surface area (Å²) in [5.41, 5.74) is 4.25. The van der Waals surface area contributed by atoms with Gasteiger partial charge in [-0.25, -0.2) is 4.98 Å². The third-order valence-corrected chi connectivity index (χ3v) is 3.25. The van der Waals surface area contributed by atoms with E-state index in [4.69, 9.17) is 0 Å². The lowest BCUT2D eigenvalue weighted by Gasteiger charge is -2.03. The third kappa shape index (κ3) is 4.09. The number of hydrogen-bond donors (Lipinski definition) is 0. The first kappa shape index (κ1) is 15.1. The summed E-state index contributed by atoms with van der Waals surface area (Å²) in [6, 6.07) is 13.7. The van der Waals surface area contributed by atoms with Crippen molar-refractivity contribution in [3.8, 4) is 0 Å². The highest BCUT2D eigenvalue weighted by molar-refractivity contribution is 6.00. The highest BCUT2D eigenvalue weighted by Crippen LogP contribution is 2.16. The molecule has 1 aromatic heterocycles. The quantitative estimate of drug-likeness (QED) is 0.602. The third-order valence-electron chi connectivity index (χ3n) is 3.25. The van der Waals surface area contributed by atoms with Crippen LogP contribution in [0, 0.1) is 0 Å². The van der Waals surface area contributed by atoms with E-state index in [2.05, 4.69) is 29.0 Å². The Balaban J connectivity index is 2.24. The minimum Gasteiger partial charge on any atom is -0.293 e. The fourth-order valence-corrected chi connectivity index (χ4v) is 2.11. The molecule has 0 atom stereocenters. The van der Waals surface area contributed by atoms with E-state index in [0.717, 1.165) is 29.9 Å². The maximum absolute atomic E-state index is 11.4. The largest absolute Gasteiger partial charge is 0.293 e. The predicted molar refractivity (Wildman–Crippen MR) is 86.5 cm³/mol. The molecule has 1 aromatic carbocycles. The number of rotatable bonds is 5. The molecular formula is C18H20N2O.